The van der Waals surface area contributed by atoms with Crippen molar-refractivity contribution in [3.8, 4) is 18.2 Å². The Morgan fingerprint density at radius 1 is 1.50 bits per heavy atom. The van der Waals surface area contributed by atoms with Crippen molar-refractivity contribution < 1.29 is 4.74 Å². The molecular formula is C10H11ClN2O. The van der Waals surface area contributed by atoms with E-state index in [1.54, 1.807) is 6.92 Å². The van der Waals surface area contributed by atoms with E-state index in [1.807, 2.05) is 6.92 Å². The molecule has 0 aliphatic heterocycles. The zero-order valence-corrected chi connectivity index (χ0v) is 8.93. The maximum absolute atomic E-state index is 5.89. The highest BCUT2D eigenvalue weighted by Gasteiger charge is 2.08. The molecule has 1 aromatic rings. The van der Waals surface area contributed by atoms with Gasteiger partial charge in [0.15, 0.2) is 6.61 Å². The Bertz CT molecular complexity index is 371. The van der Waals surface area contributed by atoms with E-state index in [1.165, 1.54) is 0 Å². The van der Waals surface area contributed by atoms with Gasteiger partial charge < -0.3 is 4.74 Å². The molecule has 0 saturated carbocycles. The first-order valence-corrected chi connectivity index (χ1v) is 4.66. The fraction of sp³-hybridized carbons (Fsp3) is 0.400. The second kappa shape index (κ2) is 4.83. The molecule has 0 saturated heterocycles. The molecular weight excluding hydrogens is 200 g/mol. The quantitative estimate of drug-likeness (QED) is 0.566. The van der Waals surface area contributed by atoms with Crippen LogP contribution >= 0.6 is 11.6 Å². The average Bonchev–Trinajstić information content (AvgIpc) is 2.20. The third-order valence-corrected chi connectivity index (χ3v) is 2.06. The second-order valence-electron chi connectivity index (χ2n) is 2.71. The number of ether oxygens (including phenoxy) is 1. The van der Waals surface area contributed by atoms with E-state index in [0.717, 1.165) is 5.56 Å². The van der Waals surface area contributed by atoms with Gasteiger partial charge in [0, 0.05) is 12.0 Å². The zero-order valence-electron chi connectivity index (χ0n) is 8.17. The largest absolute Gasteiger partial charge is 0.464 e. The minimum Gasteiger partial charge on any atom is -0.464 e. The number of halogens is 1. The Morgan fingerprint density at radius 2 is 2.21 bits per heavy atom. The predicted octanol–water partition coefficient (Wildman–Crippen LogP) is 2.01. The van der Waals surface area contributed by atoms with E-state index in [9.17, 15) is 0 Å². The van der Waals surface area contributed by atoms with Crippen molar-refractivity contribution in [3.63, 3.8) is 0 Å². The SMILES string of the molecule is C#CCOc1nc(CC)nc(Cl)c1C. The Hall–Kier alpha value is -1.27. The lowest BCUT2D eigenvalue weighted by Crippen LogP contribution is -2.03. The molecule has 0 aromatic carbocycles. The molecule has 0 amide bonds. The maximum atomic E-state index is 5.89. The monoisotopic (exact) mass is 210 g/mol. The summed E-state index contributed by atoms with van der Waals surface area (Å²) in [4.78, 5) is 8.26. The first-order valence-electron chi connectivity index (χ1n) is 4.28. The molecule has 0 spiro atoms. The fourth-order valence-electron chi connectivity index (χ4n) is 0.920. The lowest BCUT2D eigenvalue weighted by Gasteiger charge is -2.07. The summed E-state index contributed by atoms with van der Waals surface area (Å²) in [6.45, 7) is 3.94. The minimum atomic E-state index is 0.192. The molecule has 0 N–H and O–H groups in total. The van der Waals surface area contributed by atoms with Crippen molar-refractivity contribution in [2.45, 2.75) is 20.3 Å². The molecule has 0 unspecified atom stereocenters. The molecule has 1 rings (SSSR count). The lowest BCUT2D eigenvalue weighted by molar-refractivity contribution is 0.350. The van der Waals surface area contributed by atoms with Gasteiger partial charge in [-0.25, -0.2) is 4.98 Å². The molecule has 0 aliphatic rings. The van der Waals surface area contributed by atoms with Crippen LogP contribution in [0.4, 0.5) is 0 Å². The first kappa shape index (κ1) is 10.8. The summed E-state index contributed by atoms with van der Waals surface area (Å²) in [5.74, 6) is 3.51. The molecule has 0 fully saturated rings. The Balaban J connectivity index is 3.02. The summed E-state index contributed by atoms with van der Waals surface area (Å²) >= 11 is 5.89. The van der Waals surface area contributed by atoms with E-state index in [2.05, 4.69) is 15.9 Å². The van der Waals surface area contributed by atoms with E-state index in [0.29, 0.717) is 23.3 Å². The van der Waals surface area contributed by atoms with Crippen LogP contribution in [0.15, 0.2) is 0 Å². The van der Waals surface area contributed by atoms with Crippen LogP contribution in [0.2, 0.25) is 5.15 Å². The smallest absolute Gasteiger partial charge is 0.222 e. The Morgan fingerprint density at radius 3 is 2.79 bits per heavy atom. The zero-order chi connectivity index (χ0) is 10.6. The summed E-state index contributed by atoms with van der Waals surface area (Å²) in [7, 11) is 0. The molecule has 74 valence electrons. The standard InChI is InChI=1S/C10H11ClN2O/c1-4-6-14-10-7(3)9(11)12-8(5-2)13-10/h1H,5-6H2,2-3H3. The summed E-state index contributed by atoms with van der Waals surface area (Å²) in [6, 6.07) is 0. The van der Waals surface area contributed by atoms with Gasteiger partial charge in [0.25, 0.3) is 0 Å². The van der Waals surface area contributed by atoms with E-state index in [-0.39, 0.29) is 6.61 Å². The van der Waals surface area contributed by atoms with Crippen molar-refractivity contribution >= 4 is 11.6 Å². The summed E-state index contributed by atoms with van der Waals surface area (Å²) in [5, 5.41) is 0.420. The van der Waals surface area contributed by atoms with Crippen LogP contribution in [0.25, 0.3) is 0 Å². The van der Waals surface area contributed by atoms with Gasteiger partial charge in [-0.2, -0.15) is 4.98 Å². The number of aromatic nitrogens is 2. The molecule has 3 nitrogen and oxygen atoms in total. The lowest BCUT2D eigenvalue weighted by atomic mass is 10.3. The minimum absolute atomic E-state index is 0.192. The Kier molecular flexibility index (Phi) is 3.73. The van der Waals surface area contributed by atoms with Crippen LogP contribution in [0, 0.1) is 19.3 Å². The van der Waals surface area contributed by atoms with Gasteiger partial charge in [0.2, 0.25) is 5.88 Å². The molecule has 4 heteroatoms. The number of aryl methyl sites for hydroxylation is 1. The van der Waals surface area contributed by atoms with Crippen molar-refractivity contribution in [3.05, 3.63) is 16.5 Å². The van der Waals surface area contributed by atoms with E-state index in [4.69, 9.17) is 22.8 Å². The maximum Gasteiger partial charge on any atom is 0.222 e. The number of nitrogens with zero attached hydrogens (tertiary/aromatic N) is 2. The molecule has 0 atom stereocenters. The van der Waals surface area contributed by atoms with Gasteiger partial charge in [0.1, 0.15) is 11.0 Å². The number of rotatable bonds is 3. The summed E-state index contributed by atoms with van der Waals surface area (Å²) in [5.41, 5.74) is 0.721. The van der Waals surface area contributed by atoms with E-state index < -0.39 is 0 Å². The van der Waals surface area contributed by atoms with Gasteiger partial charge in [-0.15, -0.1) is 6.42 Å². The van der Waals surface area contributed by atoms with E-state index >= 15 is 0 Å². The highest BCUT2D eigenvalue weighted by molar-refractivity contribution is 6.30. The van der Waals surface area contributed by atoms with Gasteiger partial charge in [-0.05, 0) is 6.92 Å². The average molecular weight is 211 g/mol. The highest BCUT2D eigenvalue weighted by atomic mass is 35.5. The molecule has 1 aromatic heterocycles. The predicted molar refractivity (Wildman–Crippen MR) is 55.5 cm³/mol. The second-order valence-corrected chi connectivity index (χ2v) is 3.07. The topological polar surface area (TPSA) is 35.0 Å². The fourth-order valence-corrected chi connectivity index (χ4v) is 1.10. The first-order chi connectivity index (χ1) is 6.69. The van der Waals surface area contributed by atoms with Crippen LogP contribution < -0.4 is 4.74 Å². The highest BCUT2D eigenvalue weighted by Crippen LogP contribution is 2.21. The van der Waals surface area contributed by atoms with Crippen LogP contribution in [0.3, 0.4) is 0 Å². The third kappa shape index (κ3) is 2.36. The number of hydrogen-bond donors (Lipinski definition) is 0. The molecule has 0 aliphatic carbocycles. The summed E-state index contributed by atoms with van der Waals surface area (Å²) in [6.07, 6.45) is 5.80. The van der Waals surface area contributed by atoms with Crippen LogP contribution in [0.1, 0.15) is 18.3 Å². The number of hydrogen-bond acceptors (Lipinski definition) is 3. The normalized spacial score (nSPS) is 9.57. The van der Waals surface area contributed by atoms with Crippen molar-refractivity contribution in [2.24, 2.45) is 0 Å². The van der Waals surface area contributed by atoms with Gasteiger partial charge in [-0.3, -0.25) is 0 Å². The van der Waals surface area contributed by atoms with Gasteiger partial charge in [0.05, 0.1) is 0 Å². The van der Waals surface area contributed by atoms with Crippen molar-refractivity contribution in [2.75, 3.05) is 6.61 Å². The van der Waals surface area contributed by atoms with Crippen LogP contribution in [-0.4, -0.2) is 16.6 Å². The van der Waals surface area contributed by atoms with Crippen LogP contribution in [0.5, 0.6) is 5.88 Å². The van der Waals surface area contributed by atoms with Gasteiger partial charge >= 0.3 is 0 Å². The van der Waals surface area contributed by atoms with Crippen molar-refractivity contribution in [1.82, 2.24) is 9.97 Å². The molecule has 0 radical (unpaired) electrons. The Labute approximate surface area is 88.5 Å². The molecule has 14 heavy (non-hydrogen) atoms. The molecule has 0 bridgehead atoms. The molecule has 1 heterocycles. The number of terminal acetylenes is 1. The third-order valence-electron chi connectivity index (χ3n) is 1.70. The van der Waals surface area contributed by atoms with Crippen molar-refractivity contribution in [1.29, 1.82) is 0 Å². The van der Waals surface area contributed by atoms with Crippen LogP contribution in [-0.2, 0) is 6.42 Å². The summed E-state index contributed by atoms with van der Waals surface area (Å²) < 4.78 is 5.24. The van der Waals surface area contributed by atoms with Gasteiger partial charge in [-0.1, -0.05) is 24.4 Å².